The molecule has 10 heteroatoms. The summed E-state index contributed by atoms with van der Waals surface area (Å²) in [5.41, 5.74) is 2.40. The number of hydrogen-bond acceptors (Lipinski definition) is 5. The van der Waals surface area contributed by atoms with Crippen LogP contribution >= 0.6 is 11.3 Å². The van der Waals surface area contributed by atoms with E-state index in [1.54, 1.807) is 5.38 Å². The third-order valence-electron chi connectivity index (χ3n) is 4.89. The molecule has 0 fully saturated rings. The molecule has 0 saturated heterocycles. The first kappa shape index (κ1) is 21.4. The predicted molar refractivity (Wildman–Crippen MR) is 113 cm³/mol. The van der Waals surface area contributed by atoms with Crippen LogP contribution in [-0.2, 0) is 23.0 Å². The molecule has 1 aliphatic heterocycles. The van der Waals surface area contributed by atoms with E-state index in [9.17, 15) is 22.0 Å². The van der Waals surface area contributed by atoms with Crippen molar-refractivity contribution < 1.29 is 26.7 Å². The van der Waals surface area contributed by atoms with Crippen molar-refractivity contribution in [3.63, 3.8) is 0 Å². The van der Waals surface area contributed by atoms with Gasteiger partial charge in [-0.15, -0.1) is 11.3 Å². The van der Waals surface area contributed by atoms with E-state index >= 15 is 0 Å². The molecule has 162 valence electrons. The van der Waals surface area contributed by atoms with Gasteiger partial charge in [-0.05, 0) is 53.3 Å². The molecule has 6 nitrogen and oxygen atoms in total. The number of nitrogens with one attached hydrogen (secondary N) is 1. The van der Waals surface area contributed by atoms with Gasteiger partial charge in [0, 0.05) is 18.8 Å². The average Bonchev–Trinajstić information content (AvgIpc) is 3.25. The summed E-state index contributed by atoms with van der Waals surface area (Å²) in [5, 5.41) is 4.16. The maximum Gasteiger partial charge on any atom is 0.387 e. The largest absolute Gasteiger partial charge is 0.435 e. The monoisotopic (exact) mass is 464 g/mol. The third kappa shape index (κ3) is 4.60. The topological polar surface area (TPSA) is 75.7 Å². The molecule has 1 amide bonds. The molecule has 0 atom stereocenters. The number of thiophene rings is 1. The van der Waals surface area contributed by atoms with Gasteiger partial charge in [-0.25, -0.2) is 8.42 Å². The van der Waals surface area contributed by atoms with Crippen LogP contribution in [0, 0.1) is 0 Å². The molecular weight excluding hydrogens is 446 g/mol. The van der Waals surface area contributed by atoms with Crippen LogP contribution in [0.25, 0.3) is 0 Å². The van der Waals surface area contributed by atoms with Gasteiger partial charge in [0.25, 0.3) is 5.91 Å². The minimum absolute atomic E-state index is 0.0437. The average molecular weight is 465 g/mol. The Hall–Kier alpha value is -2.82. The van der Waals surface area contributed by atoms with Crippen LogP contribution in [0.4, 0.5) is 14.5 Å². The van der Waals surface area contributed by atoms with Crippen molar-refractivity contribution in [2.75, 3.05) is 11.9 Å². The van der Waals surface area contributed by atoms with Crippen molar-refractivity contribution in [1.82, 2.24) is 4.31 Å². The fourth-order valence-electron chi connectivity index (χ4n) is 3.39. The van der Waals surface area contributed by atoms with E-state index in [0.717, 1.165) is 22.5 Å². The van der Waals surface area contributed by atoms with Crippen molar-refractivity contribution in [2.24, 2.45) is 0 Å². The van der Waals surface area contributed by atoms with E-state index in [4.69, 9.17) is 0 Å². The molecular formula is C21H18F2N2O4S2. The Balaban J connectivity index is 1.52. The zero-order valence-electron chi connectivity index (χ0n) is 16.1. The highest BCUT2D eigenvalue weighted by atomic mass is 32.2. The lowest BCUT2D eigenvalue weighted by Crippen LogP contribution is -2.36. The van der Waals surface area contributed by atoms with Crippen LogP contribution in [0.1, 0.15) is 20.8 Å². The van der Waals surface area contributed by atoms with Gasteiger partial charge in [-0.1, -0.05) is 24.3 Å². The zero-order chi connectivity index (χ0) is 22.0. The highest BCUT2D eigenvalue weighted by molar-refractivity contribution is 7.89. The van der Waals surface area contributed by atoms with Gasteiger partial charge < -0.3 is 10.1 Å². The minimum Gasteiger partial charge on any atom is -0.435 e. The number of fused-ring (bicyclic) bond motifs is 1. The van der Waals surface area contributed by atoms with Crippen LogP contribution in [0.5, 0.6) is 5.75 Å². The summed E-state index contributed by atoms with van der Waals surface area (Å²) in [6.45, 7) is -2.36. The van der Waals surface area contributed by atoms with E-state index < -0.39 is 22.5 Å². The number of hydrogen-bond donors (Lipinski definition) is 1. The molecule has 31 heavy (non-hydrogen) atoms. The highest BCUT2D eigenvalue weighted by Crippen LogP contribution is 2.30. The predicted octanol–water partition coefficient (Wildman–Crippen LogP) is 4.35. The highest BCUT2D eigenvalue weighted by Gasteiger charge is 2.32. The first-order valence-electron chi connectivity index (χ1n) is 9.35. The molecule has 0 unspecified atom stereocenters. The zero-order valence-corrected chi connectivity index (χ0v) is 17.8. The van der Waals surface area contributed by atoms with Gasteiger partial charge in [0.05, 0.1) is 0 Å². The number of benzene rings is 2. The lowest BCUT2D eigenvalue weighted by molar-refractivity contribution is -0.0498. The molecule has 2 aromatic carbocycles. The Labute approximate surface area is 182 Å². The molecule has 0 spiro atoms. The minimum atomic E-state index is -3.87. The molecule has 3 aromatic rings. The summed E-state index contributed by atoms with van der Waals surface area (Å²) in [4.78, 5) is 12.8. The number of ether oxygens (including phenoxy) is 1. The van der Waals surface area contributed by atoms with Crippen LogP contribution < -0.4 is 10.1 Å². The lowest BCUT2D eigenvalue weighted by atomic mass is 10.0. The molecule has 4 rings (SSSR count). The van der Waals surface area contributed by atoms with E-state index in [1.807, 2.05) is 24.3 Å². The molecule has 0 radical (unpaired) electrons. The Bertz CT molecular complexity index is 1190. The summed E-state index contributed by atoms with van der Waals surface area (Å²) >= 11 is 1.02. The van der Waals surface area contributed by atoms with Crippen molar-refractivity contribution in [2.45, 2.75) is 24.5 Å². The maximum absolute atomic E-state index is 13.2. The molecule has 0 bridgehead atoms. The smallest absolute Gasteiger partial charge is 0.387 e. The molecule has 1 N–H and O–H groups in total. The summed E-state index contributed by atoms with van der Waals surface area (Å²) in [5.74, 6) is -0.633. The first-order valence-corrected chi connectivity index (χ1v) is 11.7. The van der Waals surface area contributed by atoms with Gasteiger partial charge in [0.15, 0.2) is 0 Å². The number of anilines is 1. The molecule has 0 saturated carbocycles. The number of nitrogens with zero attached hydrogens (tertiary/aromatic N) is 1. The third-order valence-corrected chi connectivity index (χ3v) is 7.82. The SMILES string of the molecule is O=C(Nc1ccc(OC(F)F)cc1)c1sccc1S(=O)(=O)N1CCc2ccccc2C1. The summed E-state index contributed by atoms with van der Waals surface area (Å²) < 4.78 is 56.7. The Morgan fingerprint density at radius 3 is 2.48 bits per heavy atom. The Morgan fingerprint density at radius 2 is 1.77 bits per heavy atom. The summed E-state index contributed by atoms with van der Waals surface area (Å²) in [6.07, 6.45) is 0.605. The van der Waals surface area contributed by atoms with Crippen LogP contribution in [-0.4, -0.2) is 31.8 Å². The van der Waals surface area contributed by atoms with E-state index in [1.165, 1.54) is 34.6 Å². The maximum atomic E-state index is 13.2. The summed E-state index contributed by atoms with van der Waals surface area (Å²) in [6, 6.07) is 14.5. The van der Waals surface area contributed by atoms with Crippen molar-refractivity contribution >= 4 is 33.0 Å². The number of alkyl halides is 2. The van der Waals surface area contributed by atoms with Crippen molar-refractivity contribution in [1.29, 1.82) is 0 Å². The Kier molecular flexibility index (Phi) is 6.03. The van der Waals surface area contributed by atoms with Crippen LogP contribution in [0.15, 0.2) is 64.9 Å². The number of sulfonamides is 1. The molecule has 1 aliphatic rings. The normalized spacial score (nSPS) is 14.3. The second-order valence-electron chi connectivity index (χ2n) is 6.83. The number of carbonyl (C=O) groups excluding carboxylic acids is 1. The fourth-order valence-corrected chi connectivity index (χ4v) is 6.10. The van der Waals surface area contributed by atoms with E-state index in [0.29, 0.717) is 18.7 Å². The van der Waals surface area contributed by atoms with Crippen molar-refractivity contribution in [3.8, 4) is 5.75 Å². The van der Waals surface area contributed by atoms with Gasteiger partial charge in [-0.3, -0.25) is 4.79 Å². The van der Waals surface area contributed by atoms with Gasteiger partial charge >= 0.3 is 6.61 Å². The van der Waals surface area contributed by atoms with Crippen LogP contribution in [0.3, 0.4) is 0 Å². The number of rotatable bonds is 6. The molecule has 1 aromatic heterocycles. The van der Waals surface area contributed by atoms with Gasteiger partial charge in [0.1, 0.15) is 15.5 Å². The number of carbonyl (C=O) groups is 1. The van der Waals surface area contributed by atoms with Gasteiger partial charge in [0.2, 0.25) is 10.0 Å². The number of halogens is 2. The fraction of sp³-hybridized carbons (Fsp3) is 0.190. The first-order chi connectivity index (χ1) is 14.8. The van der Waals surface area contributed by atoms with Crippen LogP contribution in [0.2, 0.25) is 0 Å². The molecule has 2 heterocycles. The lowest BCUT2D eigenvalue weighted by Gasteiger charge is -2.28. The second-order valence-corrected chi connectivity index (χ2v) is 9.65. The van der Waals surface area contributed by atoms with Gasteiger partial charge in [-0.2, -0.15) is 13.1 Å². The second kappa shape index (κ2) is 8.74. The summed E-state index contributed by atoms with van der Waals surface area (Å²) in [7, 11) is -3.87. The number of amides is 1. The van der Waals surface area contributed by atoms with Crippen molar-refractivity contribution in [3.05, 3.63) is 76.0 Å². The Morgan fingerprint density at radius 1 is 1.06 bits per heavy atom. The molecule has 0 aliphatic carbocycles. The van der Waals surface area contributed by atoms with E-state index in [-0.39, 0.29) is 22.1 Å². The standard InChI is InChI=1S/C21H18F2N2O4S2/c22-21(23)29-17-7-5-16(6-8-17)24-20(26)19-18(10-12-30-19)31(27,28)25-11-9-14-3-1-2-4-15(14)13-25/h1-8,10,12,21H,9,11,13H2,(H,24,26). The quantitative estimate of drug-likeness (QED) is 0.589. The van der Waals surface area contributed by atoms with E-state index in [2.05, 4.69) is 10.1 Å².